The second-order valence-electron chi connectivity index (χ2n) is 9.07. The van der Waals surface area contributed by atoms with Gasteiger partial charge in [-0.1, -0.05) is 0 Å². The van der Waals surface area contributed by atoms with E-state index in [1.165, 1.54) is 7.11 Å². The van der Waals surface area contributed by atoms with Crippen molar-refractivity contribution in [3.8, 4) is 5.75 Å². The van der Waals surface area contributed by atoms with E-state index in [0.717, 1.165) is 13.0 Å². The molecule has 1 saturated carbocycles. The van der Waals surface area contributed by atoms with Crippen LogP contribution in [0.5, 0.6) is 5.75 Å². The van der Waals surface area contributed by atoms with Gasteiger partial charge in [-0.25, -0.2) is 0 Å². The summed E-state index contributed by atoms with van der Waals surface area (Å²) in [5.41, 5.74) is -0.554. The minimum absolute atomic E-state index is 0.0649. The number of aliphatic hydroxyl groups excluding tert-OH is 1. The lowest BCUT2D eigenvalue weighted by Crippen LogP contribution is -2.69. The van der Waals surface area contributed by atoms with Crippen molar-refractivity contribution in [3.63, 3.8) is 0 Å². The molecule has 3 unspecified atom stereocenters. The molecule has 1 aromatic carbocycles. The SMILES string of the molecule is COC(=O)[C@@]12C[C@H]3C[C@H](C(C)O)[C@@H]1N(CCC1(O)C2=Nc2ccc(OC)cc21)C3. The van der Waals surface area contributed by atoms with Gasteiger partial charge in [-0.3, -0.25) is 14.7 Å². The molecule has 1 aliphatic carbocycles. The smallest absolute Gasteiger partial charge is 0.319 e. The first-order valence-electron chi connectivity index (χ1n) is 10.4. The number of esters is 1. The van der Waals surface area contributed by atoms with E-state index >= 15 is 0 Å². The van der Waals surface area contributed by atoms with Gasteiger partial charge >= 0.3 is 5.97 Å². The van der Waals surface area contributed by atoms with Crippen molar-refractivity contribution in [2.24, 2.45) is 22.2 Å². The Morgan fingerprint density at radius 2 is 2.17 bits per heavy atom. The molecule has 3 saturated heterocycles. The third-order valence-corrected chi connectivity index (χ3v) is 7.64. The molecule has 7 atom stereocenters. The second kappa shape index (κ2) is 6.27. The zero-order valence-corrected chi connectivity index (χ0v) is 17.1. The van der Waals surface area contributed by atoms with Gasteiger partial charge in [0.1, 0.15) is 16.8 Å². The van der Waals surface area contributed by atoms with Crippen molar-refractivity contribution in [2.45, 2.75) is 43.9 Å². The first kappa shape index (κ1) is 19.0. The van der Waals surface area contributed by atoms with Crippen molar-refractivity contribution in [3.05, 3.63) is 23.8 Å². The van der Waals surface area contributed by atoms with Crippen molar-refractivity contribution in [2.75, 3.05) is 27.3 Å². The minimum Gasteiger partial charge on any atom is -0.497 e. The number of aliphatic hydroxyl groups is 2. The molecule has 0 spiro atoms. The summed E-state index contributed by atoms with van der Waals surface area (Å²) < 4.78 is 10.7. The number of aliphatic imine (C=N–C) groups is 1. The van der Waals surface area contributed by atoms with Gasteiger partial charge in [0, 0.05) is 30.6 Å². The Labute approximate surface area is 170 Å². The summed E-state index contributed by atoms with van der Waals surface area (Å²) in [7, 11) is 2.99. The third-order valence-electron chi connectivity index (χ3n) is 7.64. The summed E-state index contributed by atoms with van der Waals surface area (Å²) in [4.78, 5) is 20.6. The first-order valence-corrected chi connectivity index (χ1v) is 10.4. The van der Waals surface area contributed by atoms with Gasteiger partial charge in [0.05, 0.1) is 31.7 Å². The molecule has 4 fully saturated rings. The molecular formula is C22H28N2O5. The summed E-state index contributed by atoms with van der Waals surface area (Å²) in [6.45, 7) is 3.31. The van der Waals surface area contributed by atoms with Crippen LogP contribution < -0.4 is 4.74 Å². The van der Waals surface area contributed by atoms with Crippen molar-refractivity contribution < 1.29 is 24.5 Å². The first-order chi connectivity index (χ1) is 13.8. The van der Waals surface area contributed by atoms with Crippen LogP contribution in [0.1, 0.15) is 31.7 Å². The van der Waals surface area contributed by atoms with Crippen LogP contribution in [0.4, 0.5) is 5.69 Å². The predicted molar refractivity (Wildman–Crippen MR) is 106 cm³/mol. The lowest BCUT2D eigenvalue weighted by atomic mass is 9.54. The highest BCUT2D eigenvalue weighted by Gasteiger charge is 2.69. The summed E-state index contributed by atoms with van der Waals surface area (Å²) in [5, 5.41) is 22.6. The van der Waals surface area contributed by atoms with Crippen LogP contribution in [0.15, 0.2) is 23.2 Å². The molecule has 4 bridgehead atoms. The van der Waals surface area contributed by atoms with Gasteiger partial charge in [0.15, 0.2) is 0 Å². The fourth-order valence-corrected chi connectivity index (χ4v) is 6.55. The highest BCUT2D eigenvalue weighted by atomic mass is 16.5. The quantitative estimate of drug-likeness (QED) is 0.750. The molecule has 5 aliphatic rings. The standard InChI is InChI=1S/C22H28N2O5/c1-12(25)15-8-13-10-21(20(26)29-3)18(15)24(11-13)7-6-22(27)16-9-14(28-2)4-5-17(16)23-19(21)22/h4-5,9,12-13,15,18,25,27H,6-8,10-11H2,1-3H3/t12?,13-,15-,18+,21+,22?/m1/s1. The molecule has 29 heavy (non-hydrogen) atoms. The van der Waals surface area contributed by atoms with Crippen molar-refractivity contribution in [1.29, 1.82) is 0 Å². The molecule has 2 N–H and O–H groups in total. The molecule has 6 rings (SSSR count). The Morgan fingerprint density at radius 3 is 2.86 bits per heavy atom. The lowest BCUT2D eigenvalue weighted by Gasteiger charge is -2.58. The van der Waals surface area contributed by atoms with E-state index < -0.39 is 17.1 Å². The topological polar surface area (TPSA) is 91.6 Å². The Balaban J connectivity index is 1.74. The van der Waals surface area contributed by atoms with Crippen LogP contribution in [0, 0.1) is 17.3 Å². The average molecular weight is 400 g/mol. The predicted octanol–water partition coefficient (Wildman–Crippen LogP) is 1.62. The summed E-state index contributed by atoms with van der Waals surface area (Å²) in [6, 6.07) is 5.25. The molecule has 156 valence electrons. The number of nitrogens with zero attached hydrogens (tertiary/aromatic N) is 2. The van der Waals surface area contributed by atoms with E-state index in [2.05, 4.69) is 4.90 Å². The molecule has 7 heteroatoms. The van der Waals surface area contributed by atoms with Gasteiger partial charge in [-0.05, 0) is 50.3 Å². The number of hydrogen-bond acceptors (Lipinski definition) is 7. The highest BCUT2D eigenvalue weighted by Crippen LogP contribution is 2.60. The minimum atomic E-state index is -1.35. The van der Waals surface area contributed by atoms with Crippen LogP contribution in [0.3, 0.4) is 0 Å². The normalized spacial score (nSPS) is 40.4. The average Bonchev–Trinajstić information content (AvgIpc) is 3.00. The molecule has 7 nitrogen and oxygen atoms in total. The van der Waals surface area contributed by atoms with E-state index in [9.17, 15) is 15.0 Å². The van der Waals surface area contributed by atoms with Gasteiger partial charge in [0.25, 0.3) is 0 Å². The molecule has 0 aromatic heterocycles. The van der Waals surface area contributed by atoms with Crippen molar-refractivity contribution in [1.82, 2.24) is 4.90 Å². The number of carbonyl (C=O) groups is 1. The highest BCUT2D eigenvalue weighted by molar-refractivity contribution is 6.15. The number of methoxy groups -OCH3 is 2. The van der Waals surface area contributed by atoms with Crippen LogP contribution in [0.25, 0.3) is 0 Å². The molecule has 4 aliphatic heterocycles. The van der Waals surface area contributed by atoms with Crippen LogP contribution in [-0.4, -0.2) is 66.2 Å². The van der Waals surface area contributed by atoms with Gasteiger partial charge in [0.2, 0.25) is 0 Å². The molecule has 0 radical (unpaired) electrons. The van der Waals surface area contributed by atoms with E-state index in [4.69, 9.17) is 14.5 Å². The largest absolute Gasteiger partial charge is 0.497 e. The molecule has 1 aromatic rings. The number of ether oxygens (including phenoxy) is 2. The Morgan fingerprint density at radius 1 is 1.38 bits per heavy atom. The number of rotatable bonds is 3. The summed E-state index contributed by atoms with van der Waals surface area (Å²) in [6.07, 6.45) is 1.37. The summed E-state index contributed by atoms with van der Waals surface area (Å²) in [5.74, 6) is 0.477. The fraction of sp³-hybridized carbons (Fsp3) is 0.636. The van der Waals surface area contributed by atoms with E-state index in [1.54, 1.807) is 14.0 Å². The number of carbonyl (C=O) groups excluding carboxylic acids is 1. The van der Waals surface area contributed by atoms with Crippen LogP contribution in [0.2, 0.25) is 0 Å². The maximum atomic E-state index is 13.4. The Hall–Kier alpha value is -1.96. The van der Waals surface area contributed by atoms with Gasteiger partial charge < -0.3 is 19.7 Å². The number of fused-ring (bicyclic) bond motifs is 4. The fourth-order valence-electron chi connectivity index (χ4n) is 6.55. The number of piperidine rings is 2. The molecule has 4 heterocycles. The number of hydrogen-bond donors (Lipinski definition) is 2. The van der Waals surface area contributed by atoms with Crippen LogP contribution in [-0.2, 0) is 15.1 Å². The van der Waals surface area contributed by atoms with Crippen LogP contribution >= 0.6 is 0 Å². The van der Waals surface area contributed by atoms with E-state index in [-0.39, 0.29) is 23.8 Å². The van der Waals surface area contributed by atoms with Crippen molar-refractivity contribution >= 4 is 17.4 Å². The van der Waals surface area contributed by atoms with Gasteiger partial charge in [-0.2, -0.15) is 0 Å². The van der Waals surface area contributed by atoms with Gasteiger partial charge in [-0.15, -0.1) is 0 Å². The lowest BCUT2D eigenvalue weighted by molar-refractivity contribution is -0.168. The third kappa shape index (κ3) is 2.35. The Bertz CT molecular complexity index is 899. The zero-order chi connectivity index (χ0) is 20.6. The maximum Gasteiger partial charge on any atom is 0.319 e. The Kier molecular flexibility index (Phi) is 4.11. The monoisotopic (exact) mass is 400 g/mol. The number of benzene rings is 1. The zero-order valence-electron chi connectivity index (χ0n) is 17.1. The van der Waals surface area contributed by atoms with E-state index in [1.807, 2.05) is 18.2 Å². The molecule has 0 amide bonds. The second-order valence-corrected chi connectivity index (χ2v) is 9.07. The van der Waals surface area contributed by atoms with E-state index in [0.29, 0.717) is 42.1 Å². The summed E-state index contributed by atoms with van der Waals surface area (Å²) >= 11 is 0. The molecular weight excluding hydrogens is 372 g/mol. The maximum absolute atomic E-state index is 13.4.